The van der Waals surface area contributed by atoms with Crippen molar-refractivity contribution in [2.45, 2.75) is 181 Å². The monoisotopic (exact) mass is 1820 g/mol. The van der Waals surface area contributed by atoms with Crippen LogP contribution in [-0.4, -0.2) is 161 Å². The third-order valence-corrected chi connectivity index (χ3v) is 30.2. The summed E-state index contributed by atoms with van der Waals surface area (Å²) in [7, 11) is -9.25. The van der Waals surface area contributed by atoms with Crippen LogP contribution in [0.3, 0.4) is 0 Å². The van der Waals surface area contributed by atoms with E-state index >= 15 is 0 Å². The Morgan fingerprint density at radius 1 is 0.234 bits per heavy atom. The number of benzene rings is 8. The second kappa shape index (κ2) is 46.7. The van der Waals surface area contributed by atoms with Crippen molar-refractivity contribution in [2.75, 3.05) is 28.4 Å². The Kier molecular flexibility index (Phi) is 36.6. The van der Waals surface area contributed by atoms with Gasteiger partial charge in [-0.2, -0.15) is 17.2 Å². The number of ether oxygens (including phenoxy) is 4. The molecular formula is C96H116N12O16S4. The van der Waals surface area contributed by atoms with E-state index in [0.29, 0.717) is 45.8 Å². The Hall–Kier alpha value is -11.2. The van der Waals surface area contributed by atoms with Gasteiger partial charge in [0, 0.05) is 77.1 Å². The molecule has 32 heteroatoms. The predicted molar refractivity (Wildman–Crippen MR) is 494 cm³/mol. The number of hydrogen-bond acceptors (Lipinski definition) is 24. The van der Waals surface area contributed by atoms with Crippen LogP contribution in [0, 0.1) is 55.4 Å². The average molecular weight is 1820 g/mol. The Bertz CT molecular complexity index is 5200. The maximum atomic E-state index is 13.6. The van der Waals surface area contributed by atoms with Crippen molar-refractivity contribution in [2.24, 2.45) is 0 Å². The fourth-order valence-corrected chi connectivity index (χ4v) is 19.4. The topological polar surface area (TPSA) is 370 Å². The summed E-state index contributed by atoms with van der Waals surface area (Å²) < 4.78 is 135. The minimum Gasteiger partial charge on any atom is -0.497 e. The van der Waals surface area contributed by atoms with E-state index in [1.165, 1.54) is 94.5 Å². The molecule has 0 unspecified atom stereocenters. The number of methoxy groups -OCH3 is 4. The first-order valence-corrected chi connectivity index (χ1v) is 47.4. The quantitative estimate of drug-likeness (QED) is 0.0283. The minimum absolute atomic E-state index is 0.164. The fraction of sp³-hybridized carbons (Fsp3) is 0.333. The van der Waals surface area contributed by atoms with Gasteiger partial charge in [0.2, 0.25) is 40.1 Å². The number of aromatic nitrogens is 8. The maximum Gasteiger partial charge on any atom is 0.220 e. The second-order valence-corrected chi connectivity index (χ2v) is 40.7. The number of aliphatic hydroxyl groups is 4. The summed E-state index contributed by atoms with van der Waals surface area (Å²) in [4.78, 5) is 33.1. The van der Waals surface area contributed by atoms with Gasteiger partial charge in [0.25, 0.3) is 0 Å². The number of sulfonamides is 4. The smallest absolute Gasteiger partial charge is 0.220 e. The first-order chi connectivity index (χ1) is 60.8. The SMILES string of the molecule is COc1ccc(CN(Cc2ccc(C)cc2)S(=O)(=O)[C@@H](C)[C@@H](O)c2cnc(C)cn2)cc1.COc1ccc(CN(Cc2ccc(C)cc2)S(=O)(=O)[C@@H](C)[C@H](O)c2cnc(C)cn2)cc1.COc1ccc(CN(Cc2ccc(C)cc2)S(=O)(=O)[C@H](C)[C@@H](O)c2cnc(C)cn2)cc1.COc1ccc(CN(Cc2ccc(C)cc2)S(=O)(=O)[C@H](C)[C@H](O)c2cnc(C)cn2)cc1. The molecular weight excluding hydrogens is 1710 g/mol. The molecule has 0 bridgehead atoms. The number of rotatable bonds is 36. The molecule has 128 heavy (non-hydrogen) atoms. The molecule has 0 aliphatic carbocycles. The molecule has 0 saturated carbocycles. The van der Waals surface area contributed by atoms with Crippen molar-refractivity contribution < 1.29 is 73.0 Å². The molecule has 0 radical (unpaired) electrons. The van der Waals surface area contributed by atoms with Crippen molar-refractivity contribution >= 4 is 40.1 Å². The first kappa shape index (κ1) is 101. The van der Waals surface area contributed by atoms with E-state index in [0.717, 1.165) is 66.8 Å². The zero-order chi connectivity index (χ0) is 93.2. The highest BCUT2D eigenvalue weighted by atomic mass is 32.2. The highest BCUT2D eigenvalue weighted by Crippen LogP contribution is 2.33. The third-order valence-electron chi connectivity index (χ3n) is 21.5. The molecule has 0 aliphatic heterocycles. The van der Waals surface area contributed by atoms with Gasteiger partial charge in [-0.05, 0) is 176 Å². The number of aryl methyl sites for hydroxylation is 8. The third kappa shape index (κ3) is 28.4. The zero-order valence-electron chi connectivity index (χ0n) is 75.1. The van der Waals surface area contributed by atoms with Crippen LogP contribution in [0.5, 0.6) is 23.0 Å². The van der Waals surface area contributed by atoms with Crippen molar-refractivity contribution in [3.63, 3.8) is 0 Å². The van der Waals surface area contributed by atoms with Crippen LogP contribution >= 0.6 is 0 Å². The van der Waals surface area contributed by atoms with E-state index in [1.54, 1.807) is 105 Å². The van der Waals surface area contributed by atoms with Crippen LogP contribution in [0.25, 0.3) is 0 Å². The molecule has 0 saturated heterocycles. The highest BCUT2D eigenvalue weighted by molar-refractivity contribution is 7.90. The lowest BCUT2D eigenvalue weighted by molar-refractivity contribution is 0.167. The molecule has 0 spiro atoms. The summed E-state index contributed by atoms with van der Waals surface area (Å²) in [6, 6.07) is 60.0. The normalized spacial score (nSPS) is 13.7. The lowest BCUT2D eigenvalue weighted by Crippen LogP contribution is -2.39. The first-order valence-electron chi connectivity index (χ1n) is 41.4. The second-order valence-electron chi connectivity index (χ2n) is 31.5. The van der Waals surface area contributed by atoms with Gasteiger partial charge in [-0.1, -0.05) is 168 Å². The molecule has 12 aromatic rings. The van der Waals surface area contributed by atoms with Crippen LogP contribution in [0.2, 0.25) is 0 Å². The Morgan fingerprint density at radius 3 is 0.500 bits per heavy atom. The van der Waals surface area contributed by atoms with E-state index in [9.17, 15) is 54.1 Å². The number of hydrogen-bond donors (Lipinski definition) is 4. The molecule has 4 N–H and O–H groups in total. The minimum atomic E-state index is -3.90. The van der Waals surface area contributed by atoms with Crippen molar-refractivity contribution in [1.29, 1.82) is 0 Å². The lowest BCUT2D eigenvalue weighted by Gasteiger charge is -2.28. The van der Waals surface area contributed by atoms with Gasteiger partial charge in [0.15, 0.2) is 0 Å². The Balaban J connectivity index is 0.000000193. The van der Waals surface area contributed by atoms with Gasteiger partial charge in [0.05, 0.1) is 98.8 Å². The van der Waals surface area contributed by atoms with Gasteiger partial charge in [0.1, 0.15) is 68.4 Å². The molecule has 4 aromatic heterocycles. The van der Waals surface area contributed by atoms with E-state index in [2.05, 4.69) is 39.9 Å². The number of nitrogens with zero attached hydrogens (tertiary/aromatic N) is 12. The van der Waals surface area contributed by atoms with Crippen molar-refractivity contribution in [1.82, 2.24) is 57.1 Å². The van der Waals surface area contributed by atoms with Crippen molar-refractivity contribution in [3.8, 4) is 23.0 Å². The summed E-state index contributed by atoms with van der Waals surface area (Å²) in [5.74, 6) is 2.79. The summed E-state index contributed by atoms with van der Waals surface area (Å²) in [5, 5.41) is 38.7. The van der Waals surface area contributed by atoms with E-state index in [-0.39, 0.29) is 75.1 Å². The molecule has 8 atom stereocenters. The molecule has 0 amide bonds. The van der Waals surface area contributed by atoms with Gasteiger partial charge < -0.3 is 39.4 Å². The van der Waals surface area contributed by atoms with Crippen molar-refractivity contribution in [3.05, 3.63) is 356 Å². The van der Waals surface area contributed by atoms with E-state index < -0.39 is 85.5 Å². The van der Waals surface area contributed by atoms with E-state index in [4.69, 9.17) is 18.9 Å². The molecule has 0 fully saturated rings. The summed E-state index contributed by atoms with van der Waals surface area (Å²) >= 11 is 0. The average Bonchev–Trinajstić information content (AvgIpc) is 0.808. The molecule has 12 rings (SSSR count). The molecule has 0 aliphatic rings. The maximum absolute atomic E-state index is 13.6. The zero-order valence-corrected chi connectivity index (χ0v) is 78.3. The Morgan fingerprint density at radius 2 is 0.375 bits per heavy atom. The molecule has 680 valence electrons. The fourth-order valence-electron chi connectivity index (χ4n) is 13.0. The van der Waals surface area contributed by atoms with Gasteiger partial charge in [-0.15, -0.1) is 0 Å². The summed E-state index contributed by atoms with van der Waals surface area (Å²) in [5.41, 5.74) is 14.8. The molecule has 28 nitrogen and oxygen atoms in total. The van der Waals surface area contributed by atoms with Gasteiger partial charge >= 0.3 is 0 Å². The molecule has 4 heterocycles. The molecule has 8 aromatic carbocycles. The highest BCUT2D eigenvalue weighted by Gasteiger charge is 2.40. The van der Waals surface area contributed by atoms with Crippen LogP contribution in [-0.2, 0) is 92.5 Å². The van der Waals surface area contributed by atoms with Gasteiger partial charge in [-0.3, -0.25) is 39.9 Å². The standard InChI is InChI=1S/4C24H29N3O4S/c4*1-17-5-7-20(8-6-17)15-27(16-21-9-11-22(31-4)12-10-21)32(29,30)19(3)24(28)23-14-25-18(2)13-26-23/h4*5-14,19,24,28H,15-16H2,1-4H3/t2*19-,24+;2*19-,24-/m1010/s1. The summed E-state index contributed by atoms with van der Waals surface area (Å²) in [6.07, 6.45) is 6.51. The van der Waals surface area contributed by atoms with E-state index in [1.807, 2.05) is 173 Å². The van der Waals surface area contributed by atoms with Crippen LogP contribution in [0.1, 0.15) is 164 Å². The lowest BCUT2D eigenvalue weighted by atomic mass is 10.1. The predicted octanol–water partition coefficient (Wildman–Crippen LogP) is 14.2. The Labute approximate surface area is 753 Å². The van der Waals surface area contributed by atoms with Gasteiger partial charge in [-0.25, -0.2) is 33.7 Å². The summed E-state index contributed by atoms with van der Waals surface area (Å²) in [6.45, 7) is 22.4. The number of aliphatic hydroxyl groups excluding tert-OH is 4. The van der Waals surface area contributed by atoms with Crippen LogP contribution in [0.15, 0.2) is 244 Å². The van der Waals surface area contributed by atoms with Crippen LogP contribution < -0.4 is 18.9 Å². The largest absolute Gasteiger partial charge is 0.497 e. The van der Waals surface area contributed by atoms with Crippen LogP contribution in [0.4, 0.5) is 0 Å².